The maximum absolute atomic E-state index is 12.4. The molecule has 76 heavy (non-hydrogen) atoms. The smallest absolute Gasteiger partial charge is 0.306 e. The minimum absolute atomic E-state index is 0.0659. The van der Waals surface area contributed by atoms with Crippen LogP contribution in [-0.4, -0.2) is 36.4 Å². The lowest BCUT2D eigenvalue weighted by Gasteiger charge is -2.15. The van der Waals surface area contributed by atoms with Crippen LogP contribution in [0.25, 0.3) is 0 Å². The zero-order valence-corrected chi connectivity index (χ0v) is 50.3. The minimum atomic E-state index is -0.776. The molecule has 0 heterocycles. The number of aliphatic hydroxyl groups is 1. The van der Waals surface area contributed by atoms with Gasteiger partial charge in [0.15, 0.2) is 6.10 Å². The van der Waals surface area contributed by atoms with Gasteiger partial charge < -0.3 is 14.6 Å². The summed E-state index contributed by atoms with van der Waals surface area (Å²) in [5, 5.41) is 9.69. The van der Waals surface area contributed by atoms with E-state index in [9.17, 15) is 14.7 Å². The average Bonchev–Trinajstić information content (AvgIpc) is 3.42. The Morgan fingerprint density at radius 1 is 0.316 bits per heavy atom. The Labute approximate surface area is 472 Å². The van der Waals surface area contributed by atoms with E-state index in [-0.39, 0.29) is 25.2 Å². The van der Waals surface area contributed by atoms with E-state index in [1.54, 1.807) is 0 Å². The van der Waals surface area contributed by atoms with Crippen molar-refractivity contribution >= 4 is 11.9 Å². The van der Waals surface area contributed by atoms with Crippen molar-refractivity contribution in [2.45, 2.75) is 328 Å². The van der Waals surface area contributed by atoms with E-state index in [0.29, 0.717) is 12.8 Å². The first-order valence-electron chi connectivity index (χ1n) is 32.8. The van der Waals surface area contributed by atoms with Crippen LogP contribution in [0.1, 0.15) is 322 Å². The third kappa shape index (κ3) is 63.4. The number of unbranched alkanes of at least 4 members (excludes halogenated alkanes) is 36. The molecule has 0 aliphatic carbocycles. The summed E-state index contributed by atoms with van der Waals surface area (Å²) in [6.45, 7) is 4.06. The molecule has 0 aromatic rings. The molecule has 0 bridgehead atoms. The van der Waals surface area contributed by atoms with Crippen LogP contribution in [0.5, 0.6) is 0 Å². The molecule has 0 aromatic heterocycles. The molecule has 0 saturated heterocycles. The molecule has 0 radical (unpaired) electrons. The van der Waals surface area contributed by atoms with Crippen LogP contribution in [0.2, 0.25) is 0 Å². The molecule has 1 atom stereocenters. The van der Waals surface area contributed by atoms with E-state index in [1.165, 1.54) is 212 Å². The molecule has 0 fully saturated rings. The van der Waals surface area contributed by atoms with Gasteiger partial charge in [0.05, 0.1) is 6.61 Å². The Hall–Kier alpha value is -3.18. The number of esters is 2. The number of aliphatic hydroxyl groups excluding tert-OH is 1. The fraction of sp³-hybridized carbons (Fsp3) is 0.746. The summed E-state index contributed by atoms with van der Waals surface area (Å²) < 4.78 is 10.7. The second-order valence-corrected chi connectivity index (χ2v) is 21.8. The quantitative estimate of drug-likeness (QED) is 0.0373. The number of allylic oxidation sites excluding steroid dienone is 16. The average molecular weight is 1060 g/mol. The molecule has 0 aliphatic heterocycles. The van der Waals surface area contributed by atoms with Crippen LogP contribution in [0, 0.1) is 0 Å². The normalized spacial score (nSPS) is 12.8. The molecular weight excluding hydrogens is 933 g/mol. The Morgan fingerprint density at radius 3 is 0.868 bits per heavy atom. The van der Waals surface area contributed by atoms with Crippen LogP contribution in [0.15, 0.2) is 97.2 Å². The monoisotopic (exact) mass is 1060 g/mol. The first kappa shape index (κ1) is 72.8. The highest BCUT2D eigenvalue weighted by Gasteiger charge is 2.16. The van der Waals surface area contributed by atoms with Gasteiger partial charge in [-0.05, 0) is 96.3 Å². The Balaban J connectivity index is 3.47. The van der Waals surface area contributed by atoms with E-state index in [4.69, 9.17) is 9.47 Å². The predicted octanol–water partition coefficient (Wildman–Crippen LogP) is 22.6. The van der Waals surface area contributed by atoms with Crippen LogP contribution in [0.3, 0.4) is 0 Å². The number of hydrogen-bond donors (Lipinski definition) is 1. The summed E-state index contributed by atoms with van der Waals surface area (Å²) in [5.74, 6) is -0.580. The molecule has 0 rings (SSSR count). The lowest BCUT2D eigenvalue weighted by molar-refractivity contribution is -0.161. The molecule has 0 spiro atoms. The number of ether oxygens (including phenoxy) is 2. The van der Waals surface area contributed by atoms with E-state index in [0.717, 1.165) is 83.5 Å². The van der Waals surface area contributed by atoms with E-state index < -0.39 is 6.10 Å². The second-order valence-electron chi connectivity index (χ2n) is 21.8. The highest BCUT2D eigenvalue weighted by molar-refractivity contribution is 5.70. The molecule has 0 amide bonds. The molecular formula is C71H124O5. The molecule has 5 nitrogen and oxygen atoms in total. The Kier molecular flexibility index (Phi) is 63.3. The highest BCUT2D eigenvalue weighted by Crippen LogP contribution is 2.17. The SMILES string of the molecule is CC/C=C\C/C=C\C/C=C\C/C=C\C/C=C\C/C=C\C/C=C\CCCCCCCCCCCCCCCCCC(=O)OC(CO)COC(=O)CCCCCCCCCCCCCCC/C=C\CCCCCCCCCC. The van der Waals surface area contributed by atoms with Crippen molar-refractivity contribution in [2.24, 2.45) is 0 Å². The van der Waals surface area contributed by atoms with Gasteiger partial charge in [0, 0.05) is 12.8 Å². The van der Waals surface area contributed by atoms with Crippen molar-refractivity contribution in [3.63, 3.8) is 0 Å². The van der Waals surface area contributed by atoms with Crippen molar-refractivity contribution in [2.75, 3.05) is 13.2 Å². The Bertz CT molecular complexity index is 1430. The fourth-order valence-electron chi connectivity index (χ4n) is 9.47. The summed E-state index contributed by atoms with van der Waals surface area (Å²) in [5.41, 5.74) is 0. The first-order valence-corrected chi connectivity index (χ1v) is 32.8. The number of carbonyl (C=O) groups is 2. The van der Waals surface area contributed by atoms with Gasteiger partial charge in [-0.2, -0.15) is 0 Å². The predicted molar refractivity (Wildman–Crippen MR) is 334 cm³/mol. The van der Waals surface area contributed by atoms with Crippen LogP contribution in [-0.2, 0) is 19.1 Å². The maximum Gasteiger partial charge on any atom is 0.306 e. The lowest BCUT2D eigenvalue weighted by atomic mass is 10.0. The van der Waals surface area contributed by atoms with E-state index >= 15 is 0 Å². The summed E-state index contributed by atoms with van der Waals surface area (Å²) in [4.78, 5) is 24.6. The van der Waals surface area contributed by atoms with Crippen molar-refractivity contribution in [3.05, 3.63) is 97.2 Å². The van der Waals surface area contributed by atoms with Gasteiger partial charge in [-0.3, -0.25) is 9.59 Å². The lowest BCUT2D eigenvalue weighted by Crippen LogP contribution is -2.28. The molecule has 1 N–H and O–H groups in total. The largest absolute Gasteiger partial charge is 0.462 e. The van der Waals surface area contributed by atoms with Gasteiger partial charge in [0.2, 0.25) is 0 Å². The number of hydrogen-bond acceptors (Lipinski definition) is 5. The first-order chi connectivity index (χ1) is 37.6. The molecule has 0 aliphatic rings. The molecule has 438 valence electrons. The number of rotatable bonds is 60. The van der Waals surface area contributed by atoms with Gasteiger partial charge in [-0.15, -0.1) is 0 Å². The third-order valence-corrected chi connectivity index (χ3v) is 14.4. The summed E-state index contributed by atoms with van der Waals surface area (Å²) in [6, 6.07) is 0. The van der Waals surface area contributed by atoms with Gasteiger partial charge in [0.1, 0.15) is 6.61 Å². The van der Waals surface area contributed by atoms with Crippen LogP contribution >= 0.6 is 0 Å². The van der Waals surface area contributed by atoms with Crippen molar-refractivity contribution in [3.8, 4) is 0 Å². The number of carbonyl (C=O) groups excluding carboxylic acids is 2. The topological polar surface area (TPSA) is 72.8 Å². The van der Waals surface area contributed by atoms with Gasteiger partial charge >= 0.3 is 11.9 Å². The van der Waals surface area contributed by atoms with Gasteiger partial charge in [-0.1, -0.05) is 310 Å². The van der Waals surface area contributed by atoms with E-state index in [2.05, 4.69) is 111 Å². The standard InChI is InChI=1S/C71H124O5/c1-3-5-7-9-11-13-15-17-19-21-23-25-27-29-30-31-32-33-34-35-36-37-38-39-40-42-44-46-48-50-52-54-56-58-60-62-64-66-71(74)76-69(67-72)68-75-70(73)65-63-61-59-57-55-53-51-49-47-45-43-41-28-26-24-22-20-18-16-14-12-10-8-6-4-2/h5,7,11,13,17,19,22-25,29-30,32-33,35-36,69,72H,3-4,6,8-10,12,14-16,18,20-21,26-28,31,34,37-68H2,1-2H3/b7-5-,13-11-,19-17-,24-22-,25-23-,30-29-,33-32-,36-35-. The third-order valence-electron chi connectivity index (χ3n) is 14.4. The molecule has 1 unspecified atom stereocenters. The van der Waals surface area contributed by atoms with Crippen LogP contribution in [0.4, 0.5) is 0 Å². The summed E-state index contributed by atoms with van der Waals surface area (Å²) in [6.07, 6.45) is 94.1. The van der Waals surface area contributed by atoms with Crippen molar-refractivity contribution < 1.29 is 24.2 Å². The molecule has 0 aromatic carbocycles. The minimum Gasteiger partial charge on any atom is -0.462 e. The van der Waals surface area contributed by atoms with Crippen LogP contribution < -0.4 is 0 Å². The molecule has 5 heteroatoms. The zero-order chi connectivity index (χ0) is 54.8. The second kappa shape index (κ2) is 66.1. The summed E-state index contributed by atoms with van der Waals surface area (Å²) >= 11 is 0. The fourth-order valence-corrected chi connectivity index (χ4v) is 9.47. The maximum atomic E-state index is 12.4. The van der Waals surface area contributed by atoms with Gasteiger partial charge in [-0.25, -0.2) is 0 Å². The highest BCUT2D eigenvalue weighted by atomic mass is 16.6. The van der Waals surface area contributed by atoms with Gasteiger partial charge in [0.25, 0.3) is 0 Å². The zero-order valence-electron chi connectivity index (χ0n) is 50.3. The van der Waals surface area contributed by atoms with E-state index in [1.807, 2.05) is 0 Å². The summed E-state index contributed by atoms with van der Waals surface area (Å²) in [7, 11) is 0. The molecule has 0 saturated carbocycles. The Morgan fingerprint density at radius 2 is 0.566 bits per heavy atom. The van der Waals surface area contributed by atoms with Crippen molar-refractivity contribution in [1.29, 1.82) is 0 Å². The van der Waals surface area contributed by atoms with Crippen molar-refractivity contribution in [1.82, 2.24) is 0 Å².